The summed E-state index contributed by atoms with van der Waals surface area (Å²) in [6.45, 7) is 4.33. The average molecular weight is 390 g/mol. The SMILES string of the molecule is CC(C)c1ccc(C2=CC(=Cc3c4ccccc4cc4ccccc34)C(=O)O2)cc1. The molecule has 0 radical (unpaired) electrons. The van der Waals surface area contributed by atoms with E-state index in [2.05, 4.69) is 56.3 Å². The van der Waals surface area contributed by atoms with Gasteiger partial charge < -0.3 is 4.74 Å². The summed E-state index contributed by atoms with van der Waals surface area (Å²) in [6, 6.07) is 27.0. The van der Waals surface area contributed by atoms with Crippen LogP contribution in [0.5, 0.6) is 0 Å². The first-order valence-corrected chi connectivity index (χ1v) is 10.3. The van der Waals surface area contributed by atoms with E-state index in [0.29, 0.717) is 17.3 Å². The molecule has 30 heavy (non-hydrogen) atoms. The predicted octanol–water partition coefficient (Wildman–Crippen LogP) is 7.10. The molecule has 0 fully saturated rings. The fourth-order valence-electron chi connectivity index (χ4n) is 4.02. The third-order valence-corrected chi connectivity index (χ3v) is 5.70. The summed E-state index contributed by atoms with van der Waals surface area (Å²) in [7, 11) is 0. The molecule has 2 nitrogen and oxygen atoms in total. The summed E-state index contributed by atoms with van der Waals surface area (Å²) >= 11 is 0. The van der Waals surface area contributed by atoms with Gasteiger partial charge in [-0.1, -0.05) is 86.6 Å². The third kappa shape index (κ3) is 3.21. The zero-order valence-electron chi connectivity index (χ0n) is 17.1. The normalized spacial score (nSPS) is 15.2. The quantitative estimate of drug-likeness (QED) is 0.212. The van der Waals surface area contributed by atoms with Crippen molar-refractivity contribution in [1.29, 1.82) is 0 Å². The van der Waals surface area contributed by atoms with E-state index in [-0.39, 0.29) is 5.97 Å². The summed E-state index contributed by atoms with van der Waals surface area (Å²) < 4.78 is 5.61. The van der Waals surface area contributed by atoms with E-state index in [0.717, 1.165) is 32.7 Å². The second-order valence-corrected chi connectivity index (χ2v) is 8.01. The predicted molar refractivity (Wildman–Crippen MR) is 124 cm³/mol. The topological polar surface area (TPSA) is 26.3 Å². The standard InChI is InChI=1S/C28H22O2/c1-18(2)19-11-13-20(14-12-19)27-17-23(28(29)30-27)16-26-24-9-5-3-7-21(24)15-22-8-4-6-10-25(22)26/h3-18H,1-2H3. The van der Waals surface area contributed by atoms with Crippen LogP contribution >= 0.6 is 0 Å². The van der Waals surface area contributed by atoms with Crippen LogP contribution < -0.4 is 0 Å². The molecule has 0 aliphatic carbocycles. The molecule has 1 aliphatic rings. The molecule has 0 amide bonds. The van der Waals surface area contributed by atoms with Gasteiger partial charge >= 0.3 is 5.97 Å². The summed E-state index contributed by atoms with van der Waals surface area (Å²) in [6.07, 6.45) is 3.81. The minimum absolute atomic E-state index is 0.310. The van der Waals surface area contributed by atoms with Crippen molar-refractivity contribution in [2.45, 2.75) is 19.8 Å². The molecule has 2 heteroatoms. The van der Waals surface area contributed by atoms with Crippen LogP contribution in [0, 0.1) is 0 Å². The van der Waals surface area contributed by atoms with Crippen LogP contribution in [0.15, 0.2) is 90.5 Å². The Kier molecular flexibility index (Phi) is 4.48. The van der Waals surface area contributed by atoms with Crippen molar-refractivity contribution in [2.75, 3.05) is 0 Å². The fraction of sp³-hybridized carbons (Fsp3) is 0.107. The molecule has 0 aromatic heterocycles. The Bertz CT molecular complexity index is 1280. The lowest BCUT2D eigenvalue weighted by Gasteiger charge is -2.08. The molecule has 0 bridgehead atoms. The molecule has 0 saturated heterocycles. The number of esters is 1. The van der Waals surface area contributed by atoms with Gasteiger partial charge in [-0.25, -0.2) is 4.79 Å². The molecule has 4 aromatic rings. The van der Waals surface area contributed by atoms with Gasteiger partial charge in [0.05, 0.1) is 5.57 Å². The van der Waals surface area contributed by atoms with Crippen molar-refractivity contribution < 1.29 is 9.53 Å². The second-order valence-electron chi connectivity index (χ2n) is 8.01. The number of ether oxygens (including phenoxy) is 1. The highest BCUT2D eigenvalue weighted by atomic mass is 16.5. The Morgan fingerprint density at radius 1 is 0.800 bits per heavy atom. The zero-order valence-corrected chi connectivity index (χ0v) is 17.1. The van der Waals surface area contributed by atoms with Crippen LogP contribution in [0.25, 0.3) is 33.4 Å². The van der Waals surface area contributed by atoms with Crippen LogP contribution in [-0.4, -0.2) is 5.97 Å². The Morgan fingerprint density at radius 3 is 2.00 bits per heavy atom. The van der Waals surface area contributed by atoms with Crippen LogP contribution in [0.2, 0.25) is 0 Å². The highest BCUT2D eigenvalue weighted by molar-refractivity contribution is 6.12. The minimum atomic E-state index is -0.310. The maximum atomic E-state index is 12.7. The van der Waals surface area contributed by atoms with Gasteiger partial charge in [0.1, 0.15) is 5.76 Å². The lowest BCUT2D eigenvalue weighted by Crippen LogP contribution is -1.97. The Labute approximate surface area is 176 Å². The highest BCUT2D eigenvalue weighted by Gasteiger charge is 2.22. The van der Waals surface area contributed by atoms with Crippen molar-refractivity contribution >= 4 is 39.3 Å². The van der Waals surface area contributed by atoms with E-state index in [4.69, 9.17) is 4.74 Å². The highest BCUT2D eigenvalue weighted by Crippen LogP contribution is 2.33. The molecular weight excluding hydrogens is 368 g/mol. The largest absolute Gasteiger partial charge is 0.422 e. The van der Waals surface area contributed by atoms with E-state index in [1.165, 1.54) is 5.56 Å². The van der Waals surface area contributed by atoms with Crippen LogP contribution in [0.1, 0.15) is 36.5 Å². The Balaban J connectivity index is 1.64. The molecule has 146 valence electrons. The van der Waals surface area contributed by atoms with Gasteiger partial charge in [0.25, 0.3) is 0 Å². The summed E-state index contributed by atoms with van der Waals surface area (Å²) in [4.78, 5) is 12.7. The van der Waals surface area contributed by atoms with Gasteiger partial charge in [-0.15, -0.1) is 0 Å². The van der Waals surface area contributed by atoms with E-state index < -0.39 is 0 Å². The van der Waals surface area contributed by atoms with Gasteiger partial charge in [-0.05, 0) is 56.8 Å². The zero-order chi connectivity index (χ0) is 20.7. The molecule has 0 atom stereocenters. The number of carbonyl (C=O) groups excluding carboxylic acids is 1. The monoisotopic (exact) mass is 390 g/mol. The number of hydrogen-bond acceptors (Lipinski definition) is 2. The van der Waals surface area contributed by atoms with Crippen molar-refractivity contribution in [3.05, 3.63) is 107 Å². The maximum absolute atomic E-state index is 12.7. The number of cyclic esters (lactones) is 1. The van der Waals surface area contributed by atoms with Gasteiger partial charge in [0.2, 0.25) is 0 Å². The summed E-state index contributed by atoms with van der Waals surface area (Å²) in [5, 5.41) is 4.56. The number of fused-ring (bicyclic) bond motifs is 2. The first-order chi connectivity index (χ1) is 14.6. The van der Waals surface area contributed by atoms with Gasteiger partial charge in [0, 0.05) is 5.56 Å². The van der Waals surface area contributed by atoms with Gasteiger partial charge in [-0.2, -0.15) is 0 Å². The molecule has 5 rings (SSSR count). The van der Waals surface area contributed by atoms with E-state index in [9.17, 15) is 4.79 Å². The molecule has 4 aromatic carbocycles. The molecule has 0 saturated carbocycles. The van der Waals surface area contributed by atoms with E-state index in [1.54, 1.807) is 0 Å². The molecule has 0 N–H and O–H groups in total. The van der Waals surface area contributed by atoms with E-state index >= 15 is 0 Å². The minimum Gasteiger partial charge on any atom is -0.422 e. The smallest absolute Gasteiger partial charge is 0.343 e. The molecular formula is C28H22O2. The number of rotatable bonds is 3. The number of carbonyl (C=O) groups is 1. The van der Waals surface area contributed by atoms with Crippen LogP contribution in [-0.2, 0) is 9.53 Å². The summed E-state index contributed by atoms with van der Waals surface area (Å²) in [5.74, 6) is 0.760. The maximum Gasteiger partial charge on any atom is 0.343 e. The van der Waals surface area contributed by atoms with Gasteiger partial charge in [-0.3, -0.25) is 0 Å². The van der Waals surface area contributed by atoms with E-state index in [1.807, 2.05) is 48.6 Å². The lowest BCUT2D eigenvalue weighted by molar-refractivity contribution is -0.130. The molecule has 1 aliphatic heterocycles. The molecule has 0 spiro atoms. The summed E-state index contributed by atoms with van der Waals surface area (Å²) in [5.41, 5.74) is 3.79. The van der Waals surface area contributed by atoms with Gasteiger partial charge in [0.15, 0.2) is 0 Å². The van der Waals surface area contributed by atoms with Crippen LogP contribution in [0.4, 0.5) is 0 Å². The average Bonchev–Trinajstić information content (AvgIpc) is 3.14. The number of hydrogen-bond donors (Lipinski definition) is 0. The van der Waals surface area contributed by atoms with Crippen molar-refractivity contribution in [3.63, 3.8) is 0 Å². The van der Waals surface area contributed by atoms with Crippen molar-refractivity contribution in [1.82, 2.24) is 0 Å². The molecule has 1 heterocycles. The molecule has 0 unspecified atom stereocenters. The Hall–Kier alpha value is -3.65. The fourth-order valence-corrected chi connectivity index (χ4v) is 4.02. The van der Waals surface area contributed by atoms with Crippen LogP contribution in [0.3, 0.4) is 0 Å². The number of benzene rings is 4. The Morgan fingerprint density at radius 2 is 1.40 bits per heavy atom. The second kappa shape index (κ2) is 7.31. The lowest BCUT2D eigenvalue weighted by atomic mass is 9.95. The van der Waals surface area contributed by atoms with Crippen molar-refractivity contribution in [3.8, 4) is 0 Å². The third-order valence-electron chi connectivity index (χ3n) is 5.70. The first kappa shape index (κ1) is 18.4. The first-order valence-electron chi connectivity index (χ1n) is 10.3. The van der Waals surface area contributed by atoms with Crippen molar-refractivity contribution in [2.24, 2.45) is 0 Å².